The second-order valence-corrected chi connectivity index (χ2v) is 5.70. The molecule has 0 amide bonds. The third kappa shape index (κ3) is 2.33. The van der Waals surface area contributed by atoms with Crippen LogP contribution >= 0.6 is 11.5 Å². The van der Waals surface area contributed by atoms with Crippen molar-refractivity contribution in [3.05, 3.63) is 48.5 Å². The van der Waals surface area contributed by atoms with Gasteiger partial charge in [0.25, 0.3) is 0 Å². The van der Waals surface area contributed by atoms with Crippen LogP contribution in [0.15, 0.2) is 42.9 Å². The predicted octanol–water partition coefficient (Wildman–Crippen LogP) is 2.66. The average Bonchev–Trinajstić information content (AvgIpc) is 3.15. The first-order chi connectivity index (χ1) is 11.8. The predicted molar refractivity (Wildman–Crippen MR) is 90.8 cm³/mol. The van der Waals surface area contributed by atoms with Crippen molar-refractivity contribution in [2.45, 2.75) is 0 Å². The van der Waals surface area contributed by atoms with Gasteiger partial charge in [0.15, 0.2) is 16.5 Å². The van der Waals surface area contributed by atoms with Gasteiger partial charge in [0.05, 0.1) is 5.52 Å². The Kier molecular flexibility index (Phi) is 3.33. The molecule has 0 aliphatic carbocycles. The minimum Gasteiger partial charge on any atom is -0.381 e. The van der Waals surface area contributed by atoms with Crippen LogP contribution in [0.4, 0.5) is 5.82 Å². The van der Waals surface area contributed by atoms with E-state index in [2.05, 4.69) is 24.3 Å². The lowest BCUT2D eigenvalue weighted by molar-refractivity contribution is 1.17. The van der Waals surface area contributed by atoms with E-state index in [-0.39, 0.29) is 11.5 Å². The topological polar surface area (TPSA) is 114 Å². The molecule has 0 aliphatic rings. The summed E-state index contributed by atoms with van der Waals surface area (Å²) in [5.74, 6) is 0.0777. The maximum atomic E-state index is 9.22. The monoisotopic (exact) mass is 331 g/mol. The SMILES string of the molecule is N#Cc1nc(-c2ccc3ncccc3c2)c(-c2ncns2)nc1N. The van der Waals surface area contributed by atoms with E-state index in [0.717, 1.165) is 16.5 Å². The van der Waals surface area contributed by atoms with Crippen LogP contribution in [-0.2, 0) is 0 Å². The summed E-state index contributed by atoms with van der Waals surface area (Å²) < 4.78 is 4.00. The Morgan fingerprint density at radius 1 is 1.08 bits per heavy atom. The average molecular weight is 331 g/mol. The number of nitrogens with two attached hydrogens (primary N) is 1. The standard InChI is InChI=1S/C16H9N7S/c17-7-12-15(18)23-14(16-20-8-21-24-16)13(22-12)10-3-4-11-9(6-10)2-1-5-19-11/h1-6,8H,(H2,18,23). The minimum atomic E-state index is 0.0777. The number of pyridine rings is 1. The molecule has 0 unspecified atom stereocenters. The molecule has 2 N–H and O–H groups in total. The normalized spacial score (nSPS) is 10.6. The highest BCUT2D eigenvalue weighted by Crippen LogP contribution is 2.32. The highest BCUT2D eigenvalue weighted by Gasteiger charge is 2.17. The largest absolute Gasteiger partial charge is 0.381 e. The number of fused-ring (bicyclic) bond motifs is 1. The number of hydrogen-bond donors (Lipinski definition) is 1. The number of rotatable bonds is 2. The molecule has 0 fully saturated rings. The number of nitrogens with zero attached hydrogens (tertiary/aromatic N) is 6. The van der Waals surface area contributed by atoms with Gasteiger partial charge in [0, 0.05) is 17.1 Å². The molecule has 7 nitrogen and oxygen atoms in total. The second-order valence-electron chi connectivity index (χ2n) is 4.92. The molecule has 0 saturated heterocycles. The fourth-order valence-corrected chi connectivity index (χ4v) is 2.90. The van der Waals surface area contributed by atoms with Crippen LogP contribution in [0, 0.1) is 11.3 Å². The Labute approximate surface area is 140 Å². The van der Waals surface area contributed by atoms with Gasteiger partial charge >= 0.3 is 0 Å². The van der Waals surface area contributed by atoms with Crippen LogP contribution in [0.1, 0.15) is 5.69 Å². The summed E-state index contributed by atoms with van der Waals surface area (Å²) in [7, 11) is 0. The summed E-state index contributed by atoms with van der Waals surface area (Å²) in [6.45, 7) is 0. The molecular weight excluding hydrogens is 322 g/mol. The van der Waals surface area contributed by atoms with Crippen molar-refractivity contribution < 1.29 is 0 Å². The van der Waals surface area contributed by atoms with E-state index < -0.39 is 0 Å². The summed E-state index contributed by atoms with van der Waals surface area (Å²) >= 11 is 1.20. The van der Waals surface area contributed by atoms with Crippen molar-refractivity contribution in [2.75, 3.05) is 5.73 Å². The Balaban J connectivity index is 2.00. The second kappa shape index (κ2) is 5.64. The summed E-state index contributed by atoms with van der Waals surface area (Å²) in [6, 6.07) is 11.5. The zero-order chi connectivity index (χ0) is 16.5. The molecule has 0 radical (unpaired) electrons. The summed E-state index contributed by atoms with van der Waals surface area (Å²) in [6.07, 6.45) is 3.19. The number of nitrogen functional groups attached to an aromatic ring is 1. The Morgan fingerprint density at radius 2 is 2.00 bits per heavy atom. The summed E-state index contributed by atoms with van der Waals surface area (Å²) in [4.78, 5) is 17.2. The van der Waals surface area contributed by atoms with Crippen molar-refractivity contribution in [1.82, 2.24) is 24.3 Å². The first-order valence-corrected chi connectivity index (χ1v) is 7.73. The molecule has 114 valence electrons. The molecule has 4 aromatic rings. The van der Waals surface area contributed by atoms with Gasteiger partial charge in [-0.05, 0) is 29.7 Å². The Bertz CT molecular complexity index is 1080. The molecular formula is C16H9N7S. The van der Waals surface area contributed by atoms with Crippen LogP contribution < -0.4 is 5.73 Å². The molecule has 0 aliphatic heterocycles. The van der Waals surface area contributed by atoms with Crippen molar-refractivity contribution in [3.63, 3.8) is 0 Å². The van der Waals surface area contributed by atoms with Crippen molar-refractivity contribution >= 4 is 28.3 Å². The molecule has 1 aromatic carbocycles. The Morgan fingerprint density at radius 3 is 2.79 bits per heavy atom. The van der Waals surface area contributed by atoms with Gasteiger partial charge in [0.2, 0.25) is 0 Å². The lowest BCUT2D eigenvalue weighted by Crippen LogP contribution is -2.03. The molecule has 0 saturated carbocycles. The van der Waals surface area contributed by atoms with E-state index in [0.29, 0.717) is 16.4 Å². The van der Waals surface area contributed by atoms with E-state index in [1.54, 1.807) is 6.20 Å². The number of anilines is 1. The molecule has 3 heterocycles. The molecule has 0 bridgehead atoms. The fraction of sp³-hybridized carbons (Fsp3) is 0. The van der Waals surface area contributed by atoms with Crippen LogP contribution in [-0.4, -0.2) is 24.3 Å². The third-order valence-electron chi connectivity index (χ3n) is 3.47. The lowest BCUT2D eigenvalue weighted by Gasteiger charge is -2.09. The van der Waals surface area contributed by atoms with Crippen LogP contribution in [0.3, 0.4) is 0 Å². The van der Waals surface area contributed by atoms with Crippen molar-refractivity contribution in [3.8, 4) is 28.0 Å². The van der Waals surface area contributed by atoms with Crippen LogP contribution in [0.25, 0.3) is 32.9 Å². The van der Waals surface area contributed by atoms with Gasteiger partial charge in [0.1, 0.15) is 23.8 Å². The van der Waals surface area contributed by atoms with E-state index in [1.807, 2.05) is 36.4 Å². The zero-order valence-corrected chi connectivity index (χ0v) is 13.0. The molecule has 0 atom stereocenters. The third-order valence-corrected chi connectivity index (χ3v) is 4.14. The van der Waals surface area contributed by atoms with Gasteiger partial charge in [-0.3, -0.25) is 4.98 Å². The van der Waals surface area contributed by atoms with Crippen molar-refractivity contribution in [2.24, 2.45) is 0 Å². The number of nitriles is 1. The fourth-order valence-electron chi connectivity index (χ4n) is 2.38. The van der Waals surface area contributed by atoms with E-state index >= 15 is 0 Å². The van der Waals surface area contributed by atoms with Gasteiger partial charge in [-0.25, -0.2) is 15.0 Å². The molecule has 24 heavy (non-hydrogen) atoms. The first-order valence-electron chi connectivity index (χ1n) is 6.96. The van der Waals surface area contributed by atoms with Crippen LogP contribution in [0.5, 0.6) is 0 Å². The summed E-state index contributed by atoms with van der Waals surface area (Å²) in [5, 5.41) is 10.8. The first kappa shape index (κ1) is 14.2. The Hall–Kier alpha value is -3.44. The van der Waals surface area contributed by atoms with Gasteiger partial charge in [-0.2, -0.15) is 9.64 Å². The molecule has 3 aromatic heterocycles. The van der Waals surface area contributed by atoms with Gasteiger partial charge < -0.3 is 5.73 Å². The highest BCUT2D eigenvalue weighted by molar-refractivity contribution is 7.09. The maximum absolute atomic E-state index is 9.22. The highest BCUT2D eigenvalue weighted by atomic mass is 32.1. The van der Waals surface area contributed by atoms with E-state index in [1.165, 1.54) is 17.9 Å². The molecule has 8 heteroatoms. The molecule has 0 spiro atoms. The van der Waals surface area contributed by atoms with Gasteiger partial charge in [-0.15, -0.1) is 0 Å². The molecule has 4 rings (SSSR count). The van der Waals surface area contributed by atoms with Gasteiger partial charge in [-0.1, -0.05) is 12.1 Å². The quantitative estimate of drug-likeness (QED) is 0.600. The van der Waals surface area contributed by atoms with Crippen LogP contribution in [0.2, 0.25) is 0 Å². The van der Waals surface area contributed by atoms with E-state index in [4.69, 9.17) is 5.73 Å². The number of hydrogen-bond acceptors (Lipinski definition) is 8. The number of aromatic nitrogens is 5. The number of benzene rings is 1. The van der Waals surface area contributed by atoms with E-state index in [9.17, 15) is 5.26 Å². The van der Waals surface area contributed by atoms with Crippen molar-refractivity contribution in [1.29, 1.82) is 5.26 Å². The maximum Gasteiger partial charge on any atom is 0.183 e. The zero-order valence-electron chi connectivity index (χ0n) is 12.2. The minimum absolute atomic E-state index is 0.0777. The lowest BCUT2D eigenvalue weighted by atomic mass is 10.1. The smallest absolute Gasteiger partial charge is 0.183 e. The summed E-state index contributed by atoms with van der Waals surface area (Å²) in [5.41, 5.74) is 8.66.